The molecule has 3 aromatic heterocycles. The molecule has 0 aliphatic carbocycles. The van der Waals surface area contributed by atoms with Crippen molar-refractivity contribution in [3.63, 3.8) is 0 Å². The van der Waals surface area contributed by atoms with E-state index in [1.807, 2.05) is 17.4 Å². The summed E-state index contributed by atoms with van der Waals surface area (Å²) in [6.07, 6.45) is 1.77. The maximum absolute atomic E-state index is 12.0. The van der Waals surface area contributed by atoms with Gasteiger partial charge in [0.15, 0.2) is 10.8 Å². The number of nitrogens with zero attached hydrogens (tertiary/aromatic N) is 3. The Morgan fingerprint density at radius 1 is 1.45 bits per heavy atom. The summed E-state index contributed by atoms with van der Waals surface area (Å²) in [5.41, 5.74) is 8.20. The molecule has 3 rings (SSSR count). The number of aromatic nitrogens is 3. The van der Waals surface area contributed by atoms with Crippen LogP contribution in [0.4, 0.5) is 5.13 Å². The van der Waals surface area contributed by atoms with Gasteiger partial charge in [-0.15, -0.1) is 0 Å². The minimum Gasteiger partial charge on any atom is -0.461 e. The molecule has 0 saturated heterocycles. The van der Waals surface area contributed by atoms with Crippen molar-refractivity contribution in [2.45, 2.75) is 13.8 Å². The van der Waals surface area contributed by atoms with E-state index < -0.39 is 5.97 Å². The van der Waals surface area contributed by atoms with Crippen molar-refractivity contribution in [3.05, 3.63) is 34.7 Å². The van der Waals surface area contributed by atoms with Crippen LogP contribution in [0.2, 0.25) is 5.02 Å². The standard InChI is InChI=1S/C14H13ClN4O2S/c1-3-21-13(20)11-12(22-14(16)18-11)10-7(2)19-6-8(15)4-5-9(19)17-10/h4-6H,3H2,1-2H3,(H2,16,18). The van der Waals surface area contributed by atoms with Crippen molar-refractivity contribution in [3.8, 4) is 10.6 Å². The van der Waals surface area contributed by atoms with Gasteiger partial charge in [0, 0.05) is 11.9 Å². The Hall–Kier alpha value is -2.12. The van der Waals surface area contributed by atoms with E-state index in [-0.39, 0.29) is 12.3 Å². The molecular weight excluding hydrogens is 324 g/mol. The number of anilines is 1. The van der Waals surface area contributed by atoms with Gasteiger partial charge in [0.1, 0.15) is 11.3 Å². The fraction of sp³-hybridized carbons (Fsp3) is 0.214. The predicted molar refractivity (Wildman–Crippen MR) is 86.4 cm³/mol. The zero-order valence-electron chi connectivity index (χ0n) is 12.0. The first-order valence-corrected chi connectivity index (χ1v) is 7.78. The number of rotatable bonds is 3. The molecule has 0 aromatic carbocycles. The number of halogens is 1. The van der Waals surface area contributed by atoms with Gasteiger partial charge in [0.2, 0.25) is 0 Å². The van der Waals surface area contributed by atoms with Crippen LogP contribution < -0.4 is 5.73 Å². The smallest absolute Gasteiger partial charge is 0.358 e. The number of imidazole rings is 1. The molecule has 0 aliphatic rings. The van der Waals surface area contributed by atoms with Gasteiger partial charge in [-0.05, 0) is 26.0 Å². The number of pyridine rings is 1. The molecule has 0 unspecified atom stereocenters. The highest BCUT2D eigenvalue weighted by atomic mass is 35.5. The van der Waals surface area contributed by atoms with E-state index >= 15 is 0 Å². The molecule has 3 heterocycles. The van der Waals surface area contributed by atoms with Gasteiger partial charge in [-0.3, -0.25) is 0 Å². The quantitative estimate of drug-likeness (QED) is 0.743. The molecule has 0 atom stereocenters. The van der Waals surface area contributed by atoms with Gasteiger partial charge in [-0.1, -0.05) is 22.9 Å². The second-order valence-electron chi connectivity index (χ2n) is 4.57. The van der Waals surface area contributed by atoms with Gasteiger partial charge in [-0.2, -0.15) is 0 Å². The summed E-state index contributed by atoms with van der Waals surface area (Å²) in [5, 5.41) is 0.904. The van der Waals surface area contributed by atoms with Crippen LogP contribution in [0.15, 0.2) is 18.3 Å². The number of aryl methyl sites for hydroxylation is 1. The van der Waals surface area contributed by atoms with Crippen molar-refractivity contribution in [2.75, 3.05) is 12.3 Å². The molecule has 6 nitrogen and oxygen atoms in total. The van der Waals surface area contributed by atoms with E-state index in [0.717, 1.165) is 11.3 Å². The molecule has 114 valence electrons. The lowest BCUT2D eigenvalue weighted by atomic mass is 10.2. The first kappa shape index (κ1) is 14.8. The lowest BCUT2D eigenvalue weighted by molar-refractivity contribution is 0.0521. The fourth-order valence-electron chi connectivity index (χ4n) is 2.19. The molecule has 0 radical (unpaired) electrons. The summed E-state index contributed by atoms with van der Waals surface area (Å²) in [7, 11) is 0. The van der Waals surface area contributed by atoms with Crippen LogP contribution in [0.25, 0.3) is 16.2 Å². The maximum Gasteiger partial charge on any atom is 0.358 e. The zero-order chi connectivity index (χ0) is 15.9. The number of hydrogen-bond donors (Lipinski definition) is 1. The van der Waals surface area contributed by atoms with E-state index in [9.17, 15) is 4.79 Å². The largest absolute Gasteiger partial charge is 0.461 e. The summed E-state index contributed by atoms with van der Waals surface area (Å²) in [6, 6.07) is 3.58. The molecule has 0 fully saturated rings. The molecule has 0 aliphatic heterocycles. The monoisotopic (exact) mass is 336 g/mol. The van der Waals surface area contributed by atoms with Crippen molar-refractivity contribution < 1.29 is 9.53 Å². The minimum absolute atomic E-state index is 0.196. The normalized spacial score (nSPS) is 11.0. The lowest BCUT2D eigenvalue weighted by Crippen LogP contribution is -2.07. The van der Waals surface area contributed by atoms with E-state index in [2.05, 4.69) is 9.97 Å². The first-order valence-electron chi connectivity index (χ1n) is 6.59. The Kier molecular flexibility index (Phi) is 3.76. The van der Waals surface area contributed by atoms with Crippen LogP contribution in [0.3, 0.4) is 0 Å². The molecule has 8 heteroatoms. The van der Waals surface area contributed by atoms with Crippen LogP contribution in [0.1, 0.15) is 23.1 Å². The fourth-order valence-corrected chi connectivity index (χ4v) is 3.21. The lowest BCUT2D eigenvalue weighted by Gasteiger charge is -2.01. The van der Waals surface area contributed by atoms with E-state index in [1.165, 1.54) is 11.3 Å². The second kappa shape index (κ2) is 5.58. The van der Waals surface area contributed by atoms with E-state index in [0.29, 0.717) is 20.7 Å². The Morgan fingerprint density at radius 3 is 2.95 bits per heavy atom. The Labute approximate surface area is 135 Å². The average Bonchev–Trinajstić information content (AvgIpc) is 3.01. The van der Waals surface area contributed by atoms with E-state index in [1.54, 1.807) is 19.2 Å². The van der Waals surface area contributed by atoms with Gasteiger partial charge in [0.05, 0.1) is 16.5 Å². The number of hydrogen-bond acceptors (Lipinski definition) is 6. The van der Waals surface area contributed by atoms with Crippen molar-refractivity contribution in [1.29, 1.82) is 0 Å². The van der Waals surface area contributed by atoms with Gasteiger partial charge >= 0.3 is 5.97 Å². The Balaban J connectivity index is 2.19. The van der Waals surface area contributed by atoms with Gasteiger partial charge in [0.25, 0.3) is 0 Å². The molecular formula is C14H13ClN4O2S. The highest BCUT2D eigenvalue weighted by Crippen LogP contribution is 2.34. The summed E-state index contributed by atoms with van der Waals surface area (Å²) in [6.45, 7) is 3.91. The van der Waals surface area contributed by atoms with Crippen LogP contribution >= 0.6 is 22.9 Å². The van der Waals surface area contributed by atoms with Crippen molar-refractivity contribution >= 4 is 39.7 Å². The summed E-state index contributed by atoms with van der Waals surface area (Å²) in [4.78, 5) is 21.3. The number of fused-ring (bicyclic) bond motifs is 1. The number of carbonyl (C=O) groups is 1. The molecule has 0 amide bonds. The average molecular weight is 337 g/mol. The van der Waals surface area contributed by atoms with Crippen molar-refractivity contribution in [1.82, 2.24) is 14.4 Å². The maximum atomic E-state index is 12.0. The number of thiazole rings is 1. The number of nitrogens with two attached hydrogens (primary N) is 1. The van der Waals surface area contributed by atoms with Crippen LogP contribution in [0.5, 0.6) is 0 Å². The Bertz CT molecular complexity index is 871. The van der Waals surface area contributed by atoms with Gasteiger partial charge < -0.3 is 14.9 Å². The van der Waals surface area contributed by atoms with Crippen LogP contribution in [0, 0.1) is 6.92 Å². The predicted octanol–water partition coefficient (Wildman–Crippen LogP) is 3.18. The highest BCUT2D eigenvalue weighted by Gasteiger charge is 2.23. The summed E-state index contributed by atoms with van der Waals surface area (Å²) in [5.74, 6) is -0.500. The summed E-state index contributed by atoms with van der Waals surface area (Å²) < 4.78 is 6.89. The van der Waals surface area contributed by atoms with Gasteiger partial charge in [-0.25, -0.2) is 14.8 Å². The molecule has 3 aromatic rings. The number of ether oxygens (including phenoxy) is 1. The van der Waals surface area contributed by atoms with Crippen molar-refractivity contribution in [2.24, 2.45) is 0 Å². The number of carbonyl (C=O) groups excluding carboxylic acids is 1. The number of esters is 1. The van der Waals surface area contributed by atoms with E-state index in [4.69, 9.17) is 22.1 Å². The second-order valence-corrected chi connectivity index (χ2v) is 6.04. The zero-order valence-corrected chi connectivity index (χ0v) is 13.5. The molecule has 2 N–H and O–H groups in total. The third-order valence-corrected chi connectivity index (χ3v) is 4.26. The molecule has 22 heavy (non-hydrogen) atoms. The molecule has 0 spiro atoms. The van der Waals surface area contributed by atoms with Crippen LogP contribution in [-0.4, -0.2) is 26.9 Å². The third-order valence-electron chi connectivity index (χ3n) is 3.15. The topological polar surface area (TPSA) is 82.5 Å². The molecule has 0 bridgehead atoms. The summed E-state index contributed by atoms with van der Waals surface area (Å²) >= 11 is 7.23. The third kappa shape index (κ3) is 2.42. The highest BCUT2D eigenvalue weighted by molar-refractivity contribution is 7.19. The number of nitrogen functional groups attached to an aromatic ring is 1. The minimum atomic E-state index is -0.500. The molecule has 0 saturated carbocycles. The van der Waals surface area contributed by atoms with Crippen LogP contribution in [-0.2, 0) is 4.74 Å². The first-order chi connectivity index (χ1) is 10.5. The Morgan fingerprint density at radius 2 is 2.23 bits per heavy atom. The SMILES string of the molecule is CCOC(=O)c1nc(N)sc1-c1nc2ccc(Cl)cn2c1C.